The van der Waals surface area contributed by atoms with E-state index in [0.29, 0.717) is 36.8 Å². The van der Waals surface area contributed by atoms with Gasteiger partial charge < -0.3 is 29.7 Å². The van der Waals surface area contributed by atoms with Crippen LogP contribution in [0.1, 0.15) is 42.4 Å². The molecule has 12 heteroatoms. The van der Waals surface area contributed by atoms with Crippen LogP contribution in [0.25, 0.3) is 0 Å². The Balaban J connectivity index is 1.47. The van der Waals surface area contributed by atoms with Crippen molar-refractivity contribution >= 4 is 41.8 Å². The van der Waals surface area contributed by atoms with Gasteiger partial charge in [-0.2, -0.15) is 0 Å². The van der Waals surface area contributed by atoms with Crippen LogP contribution >= 0.6 is 0 Å². The average molecular weight is 509 g/mol. The Hall–Kier alpha value is -3.19. The first-order valence-electron chi connectivity index (χ1n) is 12.4. The van der Waals surface area contributed by atoms with Crippen molar-refractivity contribution in [3.63, 3.8) is 0 Å². The summed E-state index contributed by atoms with van der Waals surface area (Å²) >= 11 is 0. The number of nitrogens with one attached hydrogen (secondary N) is 1. The minimum absolute atomic E-state index is 0.119. The van der Waals surface area contributed by atoms with E-state index >= 15 is 0 Å². The van der Waals surface area contributed by atoms with Crippen LogP contribution in [0.2, 0.25) is 0 Å². The molecule has 1 saturated heterocycles. The van der Waals surface area contributed by atoms with Crippen molar-refractivity contribution in [2.24, 2.45) is 0 Å². The molecule has 3 N–H and O–H groups in total. The highest BCUT2D eigenvalue weighted by Crippen LogP contribution is 2.33. The first-order valence-corrected chi connectivity index (χ1v) is 12.4. The van der Waals surface area contributed by atoms with E-state index in [4.69, 9.17) is 14.5 Å². The first kappa shape index (κ1) is 25.5. The van der Waals surface area contributed by atoms with Gasteiger partial charge in [0.25, 0.3) is 5.91 Å². The lowest BCUT2D eigenvalue weighted by atomic mass is 9.76. The Morgan fingerprint density at radius 3 is 2.73 bits per heavy atom. The van der Waals surface area contributed by atoms with Gasteiger partial charge in [0, 0.05) is 19.6 Å². The van der Waals surface area contributed by atoms with Gasteiger partial charge in [0.2, 0.25) is 0 Å². The van der Waals surface area contributed by atoms with Gasteiger partial charge in [0.05, 0.1) is 48.4 Å². The van der Waals surface area contributed by atoms with Gasteiger partial charge in [-0.05, 0) is 57.0 Å². The molecule has 1 atom stereocenters. The van der Waals surface area contributed by atoms with E-state index in [9.17, 15) is 19.6 Å². The number of rotatable bonds is 3. The number of hydrogen-bond donors (Lipinski definition) is 3. The Labute approximate surface area is 216 Å². The Morgan fingerprint density at radius 2 is 2.00 bits per heavy atom. The molecule has 1 unspecified atom stereocenters. The van der Waals surface area contributed by atoms with Gasteiger partial charge >= 0.3 is 13.2 Å². The largest absolute Gasteiger partial charge is 0.488 e. The number of aromatic nitrogens is 1. The predicted molar refractivity (Wildman–Crippen MR) is 138 cm³/mol. The molecular weight excluding hydrogens is 477 g/mol. The second-order valence-electron chi connectivity index (χ2n) is 10.7. The molecule has 0 saturated carbocycles. The molecule has 37 heavy (non-hydrogen) atoms. The quantitative estimate of drug-likeness (QED) is 0.517. The lowest BCUT2D eigenvalue weighted by molar-refractivity contribution is 0.0248. The number of morpholine rings is 1. The lowest BCUT2D eigenvalue weighted by Gasteiger charge is -2.37. The van der Waals surface area contributed by atoms with Gasteiger partial charge in [-0.3, -0.25) is 9.69 Å². The van der Waals surface area contributed by atoms with E-state index in [1.807, 2.05) is 12.1 Å². The van der Waals surface area contributed by atoms with Gasteiger partial charge in [-0.25, -0.2) is 14.7 Å². The maximum absolute atomic E-state index is 13.4. The summed E-state index contributed by atoms with van der Waals surface area (Å²) in [5, 5.41) is 23.0. The molecule has 2 amide bonds. The second kappa shape index (κ2) is 9.60. The van der Waals surface area contributed by atoms with Crippen LogP contribution in [0.3, 0.4) is 0 Å². The molecule has 0 aliphatic carbocycles. The van der Waals surface area contributed by atoms with Crippen molar-refractivity contribution in [1.29, 1.82) is 0 Å². The third-order valence-corrected chi connectivity index (χ3v) is 6.71. The monoisotopic (exact) mass is 509 g/mol. The molecule has 2 aromatic rings. The highest BCUT2D eigenvalue weighted by Gasteiger charge is 2.40. The summed E-state index contributed by atoms with van der Waals surface area (Å²) in [5.41, 5.74) is 2.34. The summed E-state index contributed by atoms with van der Waals surface area (Å²) in [4.78, 5) is 36.5. The van der Waals surface area contributed by atoms with Crippen LogP contribution in [0.4, 0.5) is 22.0 Å². The standard InChI is InChI=1S/C25H32BN5O6/c1-25(2,3)37-24(33)31-12-16-17(26(34)35)5-6-18(22(16)23(31)32)27-21-8-7-20-19(28-21)13-29(4)11-15-14-36-10-9-30(15)20/h5-8,15,34-35H,9-14H2,1-4H3,(H,27,28). The SMILES string of the molecule is CN1Cc2nc(Nc3ccc(B(O)O)c4c3C(=O)N(C(=O)OC(C)(C)C)C4)ccc2N2CCOCC2C1. The topological polar surface area (TPSA) is 128 Å². The highest BCUT2D eigenvalue weighted by atomic mass is 16.6. The third kappa shape index (κ3) is 5.02. The van der Waals surface area contributed by atoms with Crippen molar-refractivity contribution in [3.8, 4) is 0 Å². The second-order valence-corrected chi connectivity index (χ2v) is 10.7. The van der Waals surface area contributed by atoms with Crippen LogP contribution in [0.5, 0.6) is 0 Å². The number of likely N-dealkylation sites (N-methyl/N-ethyl adjacent to an activating group) is 1. The number of fused-ring (bicyclic) bond motifs is 4. The number of amides is 2. The van der Waals surface area contributed by atoms with E-state index in [2.05, 4.69) is 22.2 Å². The van der Waals surface area contributed by atoms with Crippen molar-refractivity contribution in [2.45, 2.75) is 45.5 Å². The van der Waals surface area contributed by atoms with Gasteiger partial charge in [-0.1, -0.05) is 6.07 Å². The number of carbonyl (C=O) groups is 2. The molecule has 1 aromatic carbocycles. The van der Waals surface area contributed by atoms with E-state index < -0.39 is 24.7 Å². The molecule has 4 heterocycles. The number of anilines is 3. The highest BCUT2D eigenvalue weighted by molar-refractivity contribution is 6.59. The molecule has 1 aromatic heterocycles. The zero-order chi connectivity index (χ0) is 26.5. The number of benzene rings is 1. The van der Waals surface area contributed by atoms with Gasteiger partial charge in [0.1, 0.15) is 11.4 Å². The summed E-state index contributed by atoms with van der Waals surface area (Å²) in [6.45, 7) is 8.71. The van der Waals surface area contributed by atoms with Crippen LogP contribution in [-0.4, -0.2) is 88.9 Å². The summed E-state index contributed by atoms with van der Waals surface area (Å²) in [6.07, 6.45) is -0.788. The minimum atomic E-state index is -1.79. The molecular formula is C25H32BN5O6. The summed E-state index contributed by atoms with van der Waals surface area (Å²) in [6, 6.07) is 7.29. The zero-order valence-electron chi connectivity index (χ0n) is 21.5. The number of hydrogen-bond acceptors (Lipinski definition) is 10. The summed E-state index contributed by atoms with van der Waals surface area (Å²) in [7, 11) is 0.260. The first-order chi connectivity index (χ1) is 17.5. The third-order valence-electron chi connectivity index (χ3n) is 6.71. The van der Waals surface area contributed by atoms with Crippen LogP contribution in [0, 0.1) is 0 Å². The fourth-order valence-corrected chi connectivity index (χ4v) is 5.14. The molecule has 11 nitrogen and oxygen atoms in total. The molecule has 1 fully saturated rings. The maximum Gasteiger partial charge on any atom is 0.488 e. The number of imide groups is 1. The lowest BCUT2D eigenvalue weighted by Crippen LogP contribution is -2.49. The van der Waals surface area contributed by atoms with E-state index in [1.165, 1.54) is 6.07 Å². The fourth-order valence-electron chi connectivity index (χ4n) is 5.14. The normalized spacial score (nSPS) is 19.6. The average Bonchev–Trinajstić information content (AvgIpc) is 3.09. The zero-order valence-corrected chi connectivity index (χ0v) is 21.5. The molecule has 0 bridgehead atoms. The molecule has 0 radical (unpaired) electrons. The Morgan fingerprint density at radius 1 is 1.22 bits per heavy atom. The van der Waals surface area contributed by atoms with Gasteiger partial charge in [0.15, 0.2) is 0 Å². The van der Waals surface area contributed by atoms with Crippen molar-refractivity contribution in [1.82, 2.24) is 14.8 Å². The van der Waals surface area contributed by atoms with Crippen molar-refractivity contribution in [3.05, 3.63) is 41.1 Å². The van der Waals surface area contributed by atoms with E-state index in [1.54, 1.807) is 26.8 Å². The fraction of sp³-hybridized carbons (Fsp3) is 0.480. The van der Waals surface area contributed by atoms with Crippen LogP contribution < -0.4 is 15.7 Å². The minimum Gasteiger partial charge on any atom is -0.443 e. The summed E-state index contributed by atoms with van der Waals surface area (Å²) < 4.78 is 11.1. The number of pyridine rings is 1. The van der Waals surface area contributed by atoms with Crippen molar-refractivity contribution < 1.29 is 29.1 Å². The van der Waals surface area contributed by atoms with Crippen LogP contribution in [0.15, 0.2) is 24.3 Å². The number of ether oxygens (including phenoxy) is 2. The van der Waals surface area contributed by atoms with Crippen LogP contribution in [-0.2, 0) is 22.6 Å². The molecule has 0 spiro atoms. The summed E-state index contributed by atoms with van der Waals surface area (Å²) in [5.74, 6) is -0.0261. The Kier molecular flexibility index (Phi) is 6.61. The molecule has 3 aliphatic heterocycles. The van der Waals surface area contributed by atoms with E-state index in [0.717, 1.165) is 29.4 Å². The molecule has 5 rings (SSSR count). The molecule has 3 aliphatic rings. The van der Waals surface area contributed by atoms with Crippen molar-refractivity contribution in [2.75, 3.05) is 43.6 Å². The maximum atomic E-state index is 13.4. The van der Waals surface area contributed by atoms with Gasteiger partial charge in [-0.15, -0.1) is 0 Å². The Bertz CT molecular complexity index is 1230. The number of carbonyl (C=O) groups excluding carboxylic acids is 2. The number of nitrogens with zero attached hydrogens (tertiary/aromatic N) is 4. The smallest absolute Gasteiger partial charge is 0.443 e. The van der Waals surface area contributed by atoms with E-state index in [-0.39, 0.29) is 23.6 Å². The molecule has 196 valence electrons. The predicted octanol–water partition coefficient (Wildman–Crippen LogP) is 1.05.